The number of hydrogen-bond acceptors (Lipinski definition) is 2. The van der Waals surface area contributed by atoms with E-state index in [1.54, 1.807) is 0 Å². The molecule has 15 heavy (non-hydrogen) atoms. The van der Waals surface area contributed by atoms with Gasteiger partial charge in [-0.15, -0.1) is 0 Å². The molecule has 0 aromatic rings. The molecule has 1 unspecified atom stereocenters. The highest BCUT2D eigenvalue weighted by Crippen LogP contribution is 2.26. The number of esters is 1. The summed E-state index contributed by atoms with van der Waals surface area (Å²) in [5.74, 6) is 0.263. The monoisotopic (exact) mass is 210 g/mol. The zero-order valence-corrected chi connectivity index (χ0v) is 9.71. The molecule has 1 aliphatic rings. The van der Waals surface area contributed by atoms with E-state index in [4.69, 9.17) is 4.74 Å². The van der Waals surface area contributed by atoms with Crippen molar-refractivity contribution in [3.05, 3.63) is 12.7 Å². The third-order valence-electron chi connectivity index (χ3n) is 3.28. The van der Waals surface area contributed by atoms with Gasteiger partial charge in [0.05, 0.1) is 0 Å². The van der Waals surface area contributed by atoms with Crippen LogP contribution in [0.15, 0.2) is 12.7 Å². The number of rotatable bonds is 3. The third kappa shape index (κ3) is 4.50. The van der Waals surface area contributed by atoms with Crippen molar-refractivity contribution in [3.8, 4) is 0 Å². The Bertz CT molecular complexity index is 203. The Morgan fingerprint density at radius 3 is 2.33 bits per heavy atom. The molecule has 2 heteroatoms. The van der Waals surface area contributed by atoms with Crippen molar-refractivity contribution in [1.29, 1.82) is 0 Å². The SMILES string of the molecule is C=CC(=O)OC(C)C1CCCCCCC1. The van der Waals surface area contributed by atoms with Gasteiger partial charge >= 0.3 is 5.97 Å². The Kier molecular flexibility index (Phi) is 5.44. The molecule has 0 bridgehead atoms. The molecule has 0 aromatic heterocycles. The lowest BCUT2D eigenvalue weighted by molar-refractivity contribution is -0.145. The molecule has 0 spiro atoms. The Balaban J connectivity index is 2.37. The first kappa shape index (κ1) is 12.3. The van der Waals surface area contributed by atoms with Crippen LogP contribution in [0.25, 0.3) is 0 Å². The van der Waals surface area contributed by atoms with E-state index in [-0.39, 0.29) is 12.1 Å². The van der Waals surface area contributed by atoms with Gasteiger partial charge in [-0.25, -0.2) is 4.79 Å². The van der Waals surface area contributed by atoms with E-state index in [9.17, 15) is 4.79 Å². The number of ether oxygens (including phenoxy) is 1. The molecule has 1 atom stereocenters. The van der Waals surface area contributed by atoms with Crippen molar-refractivity contribution in [1.82, 2.24) is 0 Å². The van der Waals surface area contributed by atoms with Gasteiger partial charge in [0.1, 0.15) is 6.10 Å². The minimum Gasteiger partial charge on any atom is -0.459 e. The van der Waals surface area contributed by atoms with Crippen molar-refractivity contribution < 1.29 is 9.53 Å². The fourth-order valence-electron chi connectivity index (χ4n) is 2.28. The molecular formula is C13H22O2. The average Bonchev–Trinajstić information content (AvgIpc) is 2.16. The fraction of sp³-hybridized carbons (Fsp3) is 0.769. The predicted molar refractivity (Wildman–Crippen MR) is 61.6 cm³/mol. The molecule has 0 amide bonds. The zero-order valence-electron chi connectivity index (χ0n) is 9.71. The number of carbonyl (C=O) groups is 1. The van der Waals surface area contributed by atoms with Gasteiger partial charge in [-0.1, -0.05) is 38.7 Å². The Hall–Kier alpha value is -0.790. The van der Waals surface area contributed by atoms with Gasteiger partial charge in [-0.2, -0.15) is 0 Å². The topological polar surface area (TPSA) is 26.3 Å². The van der Waals surface area contributed by atoms with Crippen LogP contribution in [0.5, 0.6) is 0 Å². The summed E-state index contributed by atoms with van der Waals surface area (Å²) in [7, 11) is 0. The minimum atomic E-state index is -0.287. The Morgan fingerprint density at radius 1 is 1.27 bits per heavy atom. The van der Waals surface area contributed by atoms with Crippen LogP contribution >= 0.6 is 0 Å². The zero-order chi connectivity index (χ0) is 11.1. The predicted octanol–water partition coefficient (Wildman–Crippen LogP) is 3.46. The van der Waals surface area contributed by atoms with Crippen LogP contribution in [0, 0.1) is 5.92 Å². The van der Waals surface area contributed by atoms with Gasteiger partial charge in [0.15, 0.2) is 0 Å². The maximum atomic E-state index is 11.1. The normalized spacial score (nSPS) is 21.1. The Labute approximate surface area is 92.7 Å². The molecule has 0 radical (unpaired) electrons. The van der Waals surface area contributed by atoms with Crippen LogP contribution in [-0.2, 0) is 9.53 Å². The summed E-state index contributed by atoms with van der Waals surface area (Å²) >= 11 is 0. The van der Waals surface area contributed by atoms with Gasteiger partial charge in [-0.3, -0.25) is 0 Å². The summed E-state index contributed by atoms with van der Waals surface area (Å²) in [6.45, 7) is 5.43. The van der Waals surface area contributed by atoms with Crippen LogP contribution < -0.4 is 0 Å². The van der Waals surface area contributed by atoms with E-state index < -0.39 is 0 Å². The smallest absolute Gasteiger partial charge is 0.330 e. The second-order valence-corrected chi connectivity index (χ2v) is 4.45. The molecule has 0 saturated heterocycles. The molecule has 1 rings (SSSR count). The van der Waals surface area contributed by atoms with Crippen molar-refractivity contribution >= 4 is 5.97 Å². The molecule has 2 nitrogen and oxygen atoms in total. The second-order valence-electron chi connectivity index (χ2n) is 4.45. The molecule has 0 N–H and O–H groups in total. The van der Waals surface area contributed by atoms with Crippen LogP contribution in [-0.4, -0.2) is 12.1 Å². The molecule has 0 aliphatic heterocycles. The highest BCUT2D eigenvalue weighted by atomic mass is 16.5. The summed E-state index contributed by atoms with van der Waals surface area (Å²) in [5.41, 5.74) is 0. The largest absolute Gasteiger partial charge is 0.459 e. The average molecular weight is 210 g/mol. The lowest BCUT2D eigenvalue weighted by atomic mass is 9.88. The van der Waals surface area contributed by atoms with Crippen molar-refractivity contribution in [2.24, 2.45) is 5.92 Å². The minimum absolute atomic E-state index is 0.0496. The van der Waals surface area contributed by atoms with Gasteiger partial charge in [0.25, 0.3) is 0 Å². The third-order valence-corrected chi connectivity index (χ3v) is 3.28. The van der Waals surface area contributed by atoms with Gasteiger partial charge in [0.2, 0.25) is 0 Å². The maximum absolute atomic E-state index is 11.1. The van der Waals surface area contributed by atoms with Crippen molar-refractivity contribution in [2.75, 3.05) is 0 Å². The lowest BCUT2D eigenvalue weighted by Gasteiger charge is -2.25. The standard InChI is InChI=1S/C13H22O2/c1-3-13(14)15-11(2)12-9-7-5-4-6-8-10-12/h3,11-12H,1,4-10H2,2H3. The van der Waals surface area contributed by atoms with Crippen LogP contribution in [0.2, 0.25) is 0 Å². The first-order chi connectivity index (χ1) is 7.24. The van der Waals surface area contributed by atoms with Gasteiger partial charge < -0.3 is 4.74 Å². The highest BCUT2D eigenvalue weighted by Gasteiger charge is 2.20. The number of hydrogen-bond donors (Lipinski definition) is 0. The van der Waals surface area contributed by atoms with E-state index >= 15 is 0 Å². The molecule has 1 saturated carbocycles. The fourth-order valence-corrected chi connectivity index (χ4v) is 2.28. The lowest BCUT2D eigenvalue weighted by Crippen LogP contribution is -2.24. The summed E-state index contributed by atoms with van der Waals surface area (Å²) in [6, 6.07) is 0. The van der Waals surface area contributed by atoms with Crippen LogP contribution in [0.4, 0.5) is 0 Å². The Morgan fingerprint density at radius 2 is 1.80 bits per heavy atom. The van der Waals surface area contributed by atoms with Crippen molar-refractivity contribution in [2.45, 2.75) is 58.0 Å². The van der Waals surface area contributed by atoms with Crippen LogP contribution in [0.3, 0.4) is 0 Å². The van der Waals surface area contributed by atoms with E-state index in [1.165, 1.54) is 51.0 Å². The maximum Gasteiger partial charge on any atom is 0.330 e. The van der Waals surface area contributed by atoms with E-state index in [1.807, 2.05) is 6.92 Å². The molecule has 1 fully saturated rings. The second kappa shape index (κ2) is 6.65. The summed E-state index contributed by atoms with van der Waals surface area (Å²) in [4.78, 5) is 11.1. The summed E-state index contributed by atoms with van der Waals surface area (Å²) < 4.78 is 5.28. The van der Waals surface area contributed by atoms with Gasteiger partial charge in [-0.05, 0) is 25.7 Å². The number of carbonyl (C=O) groups excluding carboxylic acids is 1. The van der Waals surface area contributed by atoms with E-state index in [0.29, 0.717) is 5.92 Å². The first-order valence-corrected chi connectivity index (χ1v) is 6.07. The van der Waals surface area contributed by atoms with E-state index in [2.05, 4.69) is 6.58 Å². The highest BCUT2D eigenvalue weighted by molar-refractivity contribution is 5.81. The van der Waals surface area contributed by atoms with Crippen molar-refractivity contribution in [3.63, 3.8) is 0 Å². The quantitative estimate of drug-likeness (QED) is 0.526. The molecule has 0 aromatic carbocycles. The molecule has 86 valence electrons. The molecule has 1 aliphatic carbocycles. The molecule has 0 heterocycles. The summed E-state index contributed by atoms with van der Waals surface area (Å²) in [6.07, 6.45) is 10.3. The molecular weight excluding hydrogens is 188 g/mol. The first-order valence-electron chi connectivity index (χ1n) is 6.07. The summed E-state index contributed by atoms with van der Waals surface area (Å²) in [5, 5.41) is 0. The van der Waals surface area contributed by atoms with Crippen LogP contribution in [0.1, 0.15) is 51.9 Å². The van der Waals surface area contributed by atoms with E-state index in [0.717, 1.165) is 0 Å². The van der Waals surface area contributed by atoms with Gasteiger partial charge in [0, 0.05) is 6.08 Å².